The first-order valence-corrected chi connectivity index (χ1v) is 8.54. The number of aliphatic hydroxyl groups excluding tert-OH is 2. The SMILES string of the molecule is C=CCOCc1cc([C@H](O)C2O[C@H]3OC(C)(C)OC3[C@@H]2O)ccc1Cl. The van der Waals surface area contributed by atoms with Gasteiger partial charge in [-0.2, -0.15) is 0 Å². The number of benzene rings is 1. The summed E-state index contributed by atoms with van der Waals surface area (Å²) in [6.45, 7) is 7.80. The maximum Gasteiger partial charge on any atom is 0.190 e. The van der Waals surface area contributed by atoms with Crippen molar-refractivity contribution in [3.8, 4) is 0 Å². The summed E-state index contributed by atoms with van der Waals surface area (Å²) in [4.78, 5) is 0. The topological polar surface area (TPSA) is 77.4 Å². The lowest BCUT2D eigenvalue weighted by Crippen LogP contribution is -2.37. The van der Waals surface area contributed by atoms with Crippen LogP contribution in [-0.4, -0.2) is 47.2 Å². The van der Waals surface area contributed by atoms with Gasteiger partial charge in [0.05, 0.1) is 13.2 Å². The Morgan fingerprint density at radius 2 is 2.16 bits per heavy atom. The van der Waals surface area contributed by atoms with Crippen molar-refractivity contribution in [2.24, 2.45) is 0 Å². The van der Waals surface area contributed by atoms with Crippen LogP contribution in [0.15, 0.2) is 30.9 Å². The first-order chi connectivity index (χ1) is 11.8. The molecule has 6 nitrogen and oxygen atoms in total. The van der Waals surface area contributed by atoms with Gasteiger partial charge in [-0.3, -0.25) is 0 Å². The molecule has 1 aromatic carbocycles. The molecule has 0 saturated carbocycles. The number of ether oxygens (including phenoxy) is 4. The van der Waals surface area contributed by atoms with Crippen molar-refractivity contribution >= 4 is 11.6 Å². The molecular weight excluding hydrogens is 348 g/mol. The zero-order valence-electron chi connectivity index (χ0n) is 14.2. The van der Waals surface area contributed by atoms with Crippen molar-refractivity contribution in [3.63, 3.8) is 0 Å². The summed E-state index contributed by atoms with van der Waals surface area (Å²) in [5.74, 6) is -0.817. The molecule has 0 aliphatic carbocycles. The van der Waals surface area contributed by atoms with Crippen LogP contribution in [0.2, 0.25) is 5.02 Å². The molecule has 7 heteroatoms. The minimum atomic E-state index is -1.05. The van der Waals surface area contributed by atoms with Crippen LogP contribution in [0.5, 0.6) is 0 Å². The van der Waals surface area contributed by atoms with Crippen LogP contribution in [0.25, 0.3) is 0 Å². The molecule has 3 rings (SSSR count). The van der Waals surface area contributed by atoms with Crippen molar-refractivity contribution in [3.05, 3.63) is 47.0 Å². The maximum atomic E-state index is 10.7. The molecule has 2 saturated heterocycles. The smallest absolute Gasteiger partial charge is 0.190 e. The van der Waals surface area contributed by atoms with Crippen molar-refractivity contribution in [1.29, 1.82) is 0 Å². The summed E-state index contributed by atoms with van der Waals surface area (Å²) in [5, 5.41) is 21.7. The molecule has 0 aromatic heterocycles. The van der Waals surface area contributed by atoms with Gasteiger partial charge in [-0.15, -0.1) is 6.58 Å². The van der Waals surface area contributed by atoms with E-state index in [-0.39, 0.29) is 0 Å². The summed E-state index contributed by atoms with van der Waals surface area (Å²) in [5.41, 5.74) is 1.31. The van der Waals surface area contributed by atoms with E-state index in [0.29, 0.717) is 23.8 Å². The Balaban J connectivity index is 1.72. The summed E-state index contributed by atoms with van der Waals surface area (Å²) in [6.07, 6.45) is -2.58. The molecule has 0 bridgehead atoms. The molecule has 2 aliphatic heterocycles. The van der Waals surface area contributed by atoms with Crippen LogP contribution in [-0.2, 0) is 25.6 Å². The minimum absolute atomic E-state index is 0.297. The number of rotatable bonds is 6. The van der Waals surface area contributed by atoms with Crippen molar-refractivity contribution in [2.75, 3.05) is 6.61 Å². The van der Waals surface area contributed by atoms with E-state index < -0.39 is 36.5 Å². The Hall–Kier alpha value is -0.990. The largest absolute Gasteiger partial charge is 0.387 e. The standard InChI is InChI=1S/C18H23ClO6/c1-4-7-22-9-11-8-10(5-6-12(11)19)13(20)15-14(21)16-17(23-15)25-18(2,3)24-16/h4-6,8,13-17,20-21H,1,7,9H2,2-3H3/t13-,14+,15?,16?,17-/m0/s1. The quantitative estimate of drug-likeness (QED) is 0.591. The van der Waals surface area contributed by atoms with E-state index in [9.17, 15) is 10.2 Å². The van der Waals surface area contributed by atoms with E-state index in [1.54, 1.807) is 38.1 Å². The first-order valence-electron chi connectivity index (χ1n) is 8.16. The van der Waals surface area contributed by atoms with Gasteiger partial charge in [0.1, 0.15) is 24.4 Å². The fourth-order valence-corrected chi connectivity index (χ4v) is 3.28. The van der Waals surface area contributed by atoms with Crippen LogP contribution >= 0.6 is 11.6 Å². The van der Waals surface area contributed by atoms with E-state index >= 15 is 0 Å². The highest BCUT2D eigenvalue weighted by Gasteiger charge is 2.56. The van der Waals surface area contributed by atoms with Gasteiger partial charge < -0.3 is 29.2 Å². The third-order valence-corrected chi connectivity index (χ3v) is 4.64. The summed E-state index contributed by atoms with van der Waals surface area (Å²) in [6, 6.07) is 5.12. The van der Waals surface area contributed by atoms with Crippen molar-refractivity contribution in [2.45, 2.75) is 56.9 Å². The fraction of sp³-hybridized carbons (Fsp3) is 0.556. The second-order valence-corrected chi connectivity index (χ2v) is 7.07. The predicted octanol–water partition coefficient (Wildman–Crippen LogP) is 2.31. The molecular formula is C18H23ClO6. The van der Waals surface area contributed by atoms with Crippen molar-refractivity contribution < 1.29 is 29.2 Å². The van der Waals surface area contributed by atoms with Gasteiger partial charge in [0.15, 0.2) is 12.1 Å². The molecule has 1 aromatic rings. The highest BCUT2D eigenvalue weighted by molar-refractivity contribution is 6.31. The lowest BCUT2D eigenvalue weighted by atomic mass is 9.98. The molecule has 2 heterocycles. The molecule has 0 radical (unpaired) electrons. The minimum Gasteiger partial charge on any atom is -0.387 e. The normalized spacial score (nSPS) is 31.7. The molecule has 2 aliphatic rings. The maximum absolute atomic E-state index is 10.7. The number of hydrogen-bond donors (Lipinski definition) is 2. The molecule has 0 spiro atoms. The van der Waals surface area contributed by atoms with Crippen LogP contribution < -0.4 is 0 Å². The summed E-state index contributed by atoms with van der Waals surface area (Å²) >= 11 is 6.17. The molecule has 25 heavy (non-hydrogen) atoms. The van der Waals surface area contributed by atoms with Gasteiger partial charge >= 0.3 is 0 Å². The second-order valence-electron chi connectivity index (χ2n) is 6.66. The molecule has 2 fully saturated rings. The Kier molecular flexibility index (Phi) is 5.51. The third kappa shape index (κ3) is 3.90. The number of halogens is 1. The lowest BCUT2D eigenvalue weighted by molar-refractivity contribution is -0.226. The van der Waals surface area contributed by atoms with Crippen LogP contribution in [0, 0.1) is 0 Å². The lowest BCUT2D eigenvalue weighted by Gasteiger charge is -2.26. The van der Waals surface area contributed by atoms with E-state index in [1.165, 1.54) is 0 Å². The van der Waals surface area contributed by atoms with Gasteiger partial charge in [-0.1, -0.05) is 23.7 Å². The zero-order chi connectivity index (χ0) is 18.2. The third-order valence-electron chi connectivity index (χ3n) is 4.27. The van der Waals surface area contributed by atoms with E-state index in [0.717, 1.165) is 5.56 Å². The van der Waals surface area contributed by atoms with Crippen molar-refractivity contribution in [1.82, 2.24) is 0 Å². The van der Waals surface area contributed by atoms with E-state index in [1.807, 2.05) is 0 Å². The molecule has 0 amide bonds. The van der Waals surface area contributed by atoms with Crippen LogP contribution in [0.4, 0.5) is 0 Å². The highest BCUT2D eigenvalue weighted by atomic mass is 35.5. The van der Waals surface area contributed by atoms with Gasteiger partial charge in [0.2, 0.25) is 0 Å². The number of hydrogen-bond acceptors (Lipinski definition) is 6. The Bertz CT molecular complexity index is 634. The van der Waals surface area contributed by atoms with Gasteiger partial charge in [0.25, 0.3) is 0 Å². The molecule has 138 valence electrons. The first kappa shape index (κ1) is 18.8. The number of aliphatic hydroxyl groups is 2. The second kappa shape index (κ2) is 7.32. The summed E-state index contributed by atoms with van der Waals surface area (Å²) in [7, 11) is 0. The Labute approximate surface area is 151 Å². The monoisotopic (exact) mass is 370 g/mol. The Morgan fingerprint density at radius 1 is 1.40 bits per heavy atom. The fourth-order valence-electron chi connectivity index (χ4n) is 3.11. The predicted molar refractivity (Wildman–Crippen MR) is 91.0 cm³/mol. The molecule has 2 N–H and O–H groups in total. The average molecular weight is 371 g/mol. The van der Waals surface area contributed by atoms with E-state index in [2.05, 4.69) is 6.58 Å². The van der Waals surface area contributed by atoms with E-state index in [4.69, 9.17) is 30.5 Å². The number of fused-ring (bicyclic) bond motifs is 1. The van der Waals surface area contributed by atoms with Crippen LogP contribution in [0.3, 0.4) is 0 Å². The molecule has 2 unspecified atom stereocenters. The van der Waals surface area contributed by atoms with Gasteiger partial charge in [0, 0.05) is 5.02 Å². The van der Waals surface area contributed by atoms with Gasteiger partial charge in [-0.25, -0.2) is 0 Å². The van der Waals surface area contributed by atoms with Gasteiger partial charge in [-0.05, 0) is 37.1 Å². The summed E-state index contributed by atoms with van der Waals surface area (Å²) < 4.78 is 22.4. The average Bonchev–Trinajstić information content (AvgIpc) is 3.02. The zero-order valence-corrected chi connectivity index (χ0v) is 15.0. The Morgan fingerprint density at radius 3 is 2.84 bits per heavy atom. The van der Waals surface area contributed by atoms with Crippen LogP contribution in [0.1, 0.15) is 31.1 Å². The molecule has 5 atom stereocenters. The highest BCUT2D eigenvalue weighted by Crippen LogP contribution is 2.41.